The fourth-order valence-electron chi connectivity index (χ4n) is 3.97. The van der Waals surface area contributed by atoms with Gasteiger partial charge in [0.1, 0.15) is 11.6 Å². The summed E-state index contributed by atoms with van der Waals surface area (Å²) < 4.78 is 5.73. The molecule has 0 saturated heterocycles. The molecule has 1 fully saturated rings. The molecule has 1 saturated carbocycles. The second-order valence-electron chi connectivity index (χ2n) is 7.95. The molecule has 0 N–H and O–H groups in total. The van der Waals surface area contributed by atoms with Gasteiger partial charge in [-0.15, -0.1) is 0 Å². The Morgan fingerprint density at radius 1 is 0.889 bits per heavy atom. The largest absolute Gasteiger partial charge is 0.494 e. The average Bonchev–Trinajstić information content (AvgIpc) is 2.74. The smallest absolute Gasteiger partial charge is 0.128 e. The van der Waals surface area contributed by atoms with Gasteiger partial charge >= 0.3 is 0 Å². The van der Waals surface area contributed by atoms with Gasteiger partial charge in [-0.2, -0.15) is 0 Å². The highest BCUT2D eigenvalue weighted by molar-refractivity contribution is 5.62. The molecule has 1 aromatic heterocycles. The van der Waals surface area contributed by atoms with Crippen LogP contribution in [0.2, 0.25) is 0 Å². The summed E-state index contributed by atoms with van der Waals surface area (Å²) >= 11 is 0. The van der Waals surface area contributed by atoms with Crippen LogP contribution in [0.1, 0.15) is 71.0 Å². The highest BCUT2D eigenvalue weighted by Gasteiger charge is 2.19. The Kier molecular flexibility index (Phi) is 7.67. The number of hydrogen-bond acceptors (Lipinski definition) is 3. The number of unbranched alkanes of at least 4 members (excludes halogenated alkanes) is 1. The summed E-state index contributed by atoms with van der Waals surface area (Å²) in [7, 11) is 0. The van der Waals surface area contributed by atoms with Gasteiger partial charge in [-0.3, -0.25) is 0 Å². The second kappa shape index (κ2) is 10.4. The molecule has 3 nitrogen and oxygen atoms in total. The molecular formula is C24H34N2O. The van der Waals surface area contributed by atoms with E-state index in [0.717, 1.165) is 60.4 Å². The number of nitrogens with zero attached hydrogens (tertiary/aromatic N) is 2. The van der Waals surface area contributed by atoms with Crippen LogP contribution in [-0.2, 0) is 6.42 Å². The number of rotatable bonds is 9. The van der Waals surface area contributed by atoms with Gasteiger partial charge in [-0.25, -0.2) is 9.97 Å². The van der Waals surface area contributed by atoms with E-state index in [2.05, 4.69) is 35.9 Å². The molecule has 2 aromatic rings. The third-order valence-corrected chi connectivity index (χ3v) is 5.98. The highest BCUT2D eigenvalue weighted by atomic mass is 16.5. The lowest BCUT2D eigenvalue weighted by molar-refractivity contribution is 0.258. The monoisotopic (exact) mass is 366 g/mol. The number of aryl methyl sites for hydroxylation is 1. The molecule has 0 unspecified atom stereocenters. The normalized spacial score (nSPS) is 19.8. The zero-order valence-electron chi connectivity index (χ0n) is 17.0. The summed E-state index contributed by atoms with van der Waals surface area (Å²) in [5.74, 6) is 3.76. The van der Waals surface area contributed by atoms with Crippen LogP contribution in [0.3, 0.4) is 0 Å². The maximum atomic E-state index is 5.73. The van der Waals surface area contributed by atoms with Crippen LogP contribution < -0.4 is 4.74 Å². The summed E-state index contributed by atoms with van der Waals surface area (Å²) in [6.45, 7) is 5.29. The number of aromatic nitrogens is 2. The Morgan fingerprint density at radius 2 is 1.56 bits per heavy atom. The zero-order valence-corrected chi connectivity index (χ0v) is 17.0. The molecule has 0 radical (unpaired) electrons. The van der Waals surface area contributed by atoms with Crippen molar-refractivity contribution in [2.75, 3.05) is 6.61 Å². The van der Waals surface area contributed by atoms with Crippen molar-refractivity contribution in [3.63, 3.8) is 0 Å². The molecule has 3 rings (SSSR count). The first kappa shape index (κ1) is 19.9. The summed E-state index contributed by atoms with van der Waals surface area (Å²) in [4.78, 5) is 9.22. The summed E-state index contributed by atoms with van der Waals surface area (Å²) in [5.41, 5.74) is 2.21. The van der Waals surface area contributed by atoms with Crippen LogP contribution in [0.25, 0.3) is 11.1 Å². The Bertz CT molecular complexity index is 658. The average molecular weight is 367 g/mol. The minimum absolute atomic E-state index is 0.785. The van der Waals surface area contributed by atoms with Gasteiger partial charge in [0.05, 0.1) is 6.61 Å². The summed E-state index contributed by atoms with van der Waals surface area (Å²) in [5, 5.41) is 0. The number of hydrogen-bond donors (Lipinski definition) is 0. The van der Waals surface area contributed by atoms with Crippen molar-refractivity contribution in [3.8, 4) is 16.9 Å². The fourth-order valence-corrected chi connectivity index (χ4v) is 3.97. The lowest BCUT2D eigenvalue weighted by atomic mass is 9.79. The number of ether oxygens (including phenoxy) is 1. The molecule has 0 aliphatic heterocycles. The van der Waals surface area contributed by atoms with Gasteiger partial charge in [0.15, 0.2) is 0 Å². The summed E-state index contributed by atoms with van der Waals surface area (Å²) in [6, 6.07) is 8.24. The van der Waals surface area contributed by atoms with E-state index >= 15 is 0 Å². The second-order valence-corrected chi connectivity index (χ2v) is 7.95. The van der Waals surface area contributed by atoms with Gasteiger partial charge in [-0.1, -0.05) is 64.5 Å². The van der Waals surface area contributed by atoms with Crippen LogP contribution >= 0.6 is 0 Å². The molecule has 3 heteroatoms. The first-order chi connectivity index (χ1) is 13.3. The van der Waals surface area contributed by atoms with E-state index < -0.39 is 0 Å². The van der Waals surface area contributed by atoms with E-state index in [0.29, 0.717) is 0 Å². The van der Waals surface area contributed by atoms with E-state index in [9.17, 15) is 0 Å². The maximum Gasteiger partial charge on any atom is 0.128 e. The van der Waals surface area contributed by atoms with Crippen molar-refractivity contribution in [1.29, 1.82) is 0 Å². The molecule has 1 aromatic carbocycles. The third kappa shape index (κ3) is 6.05. The molecule has 146 valence electrons. The lowest BCUT2D eigenvalue weighted by Crippen LogP contribution is -2.15. The van der Waals surface area contributed by atoms with E-state index in [1.54, 1.807) is 0 Å². The predicted molar refractivity (Wildman–Crippen MR) is 112 cm³/mol. The van der Waals surface area contributed by atoms with Crippen molar-refractivity contribution in [2.24, 2.45) is 11.8 Å². The quantitative estimate of drug-likeness (QED) is 0.477. The van der Waals surface area contributed by atoms with Gasteiger partial charge in [0.25, 0.3) is 0 Å². The van der Waals surface area contributed by atoms with Crippen LogP contribution in [0.5, 0.6) is 5.75 Å². The van der Waals surface area contributed by atoms with E-state index in [4.69, 9.17) is 4.74 Å². The van der Waals surface area contributed by atoms with Crippen LogP contribution in [-0.4, -0.2) is 16.6 Å². The molecule has 0 amide bonds. The molecule has 0 spiro atoms. The zero-order chi connectivity index (χ0) is 18.9. The first-order valence-electron chi connectivity index (χ1n) is 10.8. The summed E-state index contributed by atoms with van der Waals surface area (Å²) in [6.07, 6.45) is 15.4. The van der Waals surface area contributed by atoms with Crippen molar-refractivity contribution in [1.82, 2.24) is 9.97 Å². The molecule has 27 heavy (non-hydrogen) atoms. The molecule has 0 atom stereocenters. The Balaban J connectivity index is 1.48. The minimum atomic E-state index is 0.785. The topological polar surface area (TPSA) is 35.0 Å². The van der Waals surface area contributed by atoms with Crippen molar-refractivity contribution < 1.29 is 4.74 Å². The van der Waals surface area contributed by atoms with Gasteiger partial charge < -0.3 is 4.74 Å². The molecule has 1 heterocycles. The molecule has 1 aliphatic carbocycles. The highest BCUT2D eigenvalue weighted by Crippen LogP contribution is 2.32. The minimum Gasteiger partial charge on any atom is -0.494 e. The molecule has 0 bridgehead atoms. The van der Waals surface area contributed by atoms with Crippen LogP contribution in [0.15, 0.2) is 36.7 Å². The third-order valence-electron chi connectivity index (χ3n) is 5.98. The molecule has 1 aliphatic rings. The fraction of sp³-hybridized carbons (Fsp3) is 0.583. The Hall–Kier alpha value is -1.90. The maximum absolute atomic E-state index is 5.73. The standard InChI is InChI=1S/C24H34N2O/c1-3-5-16-27-23-13-11-21(12-14-23)22-17-25-24(26-18-22)15-10-20-8-6-19(4-2)7-9-20/h11-14,17-20H,3-10,15-16H2,1-2H3. The van der Waals surface area contributed by atoms with Crippen molar-refractivity contribution in [2.45, 2.75) is 71.6 Å². The van der Waals surface area contributed by atoms with Crippen LogP contribution in [0, 0.1) is 11.8 Å². The van der Waals surface area contributed by atoms with E-state index in [1.165, 1.54) is 38.5 Å². The number of benzene rings is 1. The Labute approximate surface area is 164 Å². The predicted octanol–water partition coefficient (Wildman–Crippen LogP) is 6.47. The SMILES string of the molecule is CCCCOc1ccc(-c2cnc(CCC3CCC(CC)CC3)nc2)cc1. The van der Waals surface area contributed by atoms with Crippen molar-refractivity contribution >= 4 is 0 Å². The van der Waals surface area contributed by atoms with Crippen molar-refractivity contribution in [3.05, 3.63) is 42.5 Å². The Morgan fingerprint density at radius 3 is 2.19 bits per heavy atom. The van der Waals surface area contributed by atoms with Gasteiger partial charge in [-0.05, 0) is 42.4 Å². The van der Waals surface area contributed by atoms with Gasteiger partial charge in [0.2, 0.25) is 0 Å². The lowest BCUT2D eigenvalue weighted by Gasteiger charge is -2.27. The molecular weight excluding hydrogens is 332 g/mol. The van der Waals surface area contributed by atoms with Gasteiger partial charge in [0, 0.05) is 24.4 Å². The first-order valence-corrected chi connectivity index (χ1v) is 10.8. The van der Waals surface area contributed by atoms with E-state index in [-0.39, 0.29) is 0 Å². The van der Waals surface area contributed by atoms with E-state index in [1.807, 2.05) is 24.5 Å². The van der Waals surface area contributed by atoms with Crippen LogP contribution in [0.4, 0.5) is 0 Å².